The number of carbonyl (C=O) groups excluding carboxylic acids is 1. The predicted octanol–water partition coefficient (Wildman–Crippen LogP) is 2.98. The molecule has 2 unspecified atom stereocenters. The van der Waals surface area contributed by atoms with Crippen LogP contribution in [0.15, 0.2) is 24.3 Å². The van der Waals surface area contributed by atoms with E-state index in [1.165, 1.54) is 12.1 Å². The van der Waals surface area contributed by atoms with Crippen LogP contribution in [0.5, 0.6) is 0 Å². The topological polar surface area (TPSA) is 58.4 Å². The van der Waals surface area contributed by atoms with Crippen molar-refractivity contribution in [2.24, 2.45) is 11.7 Å². The summed E-state index contributed by atoms with van der Waals surface area (Å²) < 4.78 is 38.0. The summed E-state index contributed by atoms with van der Waals surface area (Å²) in [7, 11) is 0. The van der Waals surface area contributed by atoms with Crippen LogP contribution in [-0.4, -0.2) is 37.0 Å². The van der Waals surface area contributed by atoms with E-state index in [-0.39, 0.29) is 30.3 Å². The molecule has 0 aromatic heterocycles. The minimum absolute atomic E-state index is 0. The van der Waals surface area contributed by atoms with Gasteiger partial charge >= 0.3 is 6.18 Å². The van der Waals surface area contributed by atoms with Gasteiger partial charge in [-0.25, -0.2) is 0 Å². The zero-order chi connectivity index (χ0) is 17.7. The van der Waals surface area contributed by atoms with Crippen molar-refractivity contribution in [3.05, 3.63) is 35.4 Å². The van der Waals surface area contributed by atoms with Crippen LogP contribution in [0, 0.1) is 5.92 Å². The Bertz CT molecular complexity index is 551. The summed E-state index contributed by atoms with van der Waals surface area (Å²) in [5.41, 5.74) is 5.58. The molecule has 1 fully saturated rings. The van der Waals surface area contributed by atoms with Crippen LogP contribution in [0.25, 0.3) is 0 Å². The molecule has 25 heavy (non-hydrogen) atoms. The van der Waals surface area contributed by atoms with Gasteiger partial charge in [-0.15, -0.1) is 12.4 Å². The largest absolute Gasteiger partial charge is 0.416 e. The molecule has 0 spiro atoms. The molecule has 1 aliphatic rings. The van der Waals surface area contributed by atoms with Crippen molar-refractivity contribution in [3.8, 4) is 0 Å². The standard InChI is InChI=1S/C17H24F3N3O.ClH/c1-12(13-4-6-15(7-5-13)17(18,19)20)23-10-2-3-14(11-23)16(24)22-9-8-21;/h4-7,12,14H,2-3,8-11,21H2,1H3,(H,22,24);1H. The lowest BCUT2D eigenvalue weighted by atomic mass is 9.94. The van der Waals surface area contributed by atoms with Crippen LogP contribution >= 0.6 is 12.4 Å². The molecule has 1 aliphatic heterocycles. The fraction of sp³-hybridized carbons (Fsp3) is 0.588. The number of carbonyl (C=O) groups is 1. The number of alkyl halides is 3. The normalized spacial score (nSPS) is 19.8. The van der Waals surface area contributed by atoms with Gasteiger partial charge in [-0.1, -0.05) is 12.1 Å². The van der Waals surface area contributed by atoms with Gasteiger partial charge in [0.05, 0.1) is 11.5 Å². The van der Waals surface area contributed by atoms with Crippen molar-refractivity contribution in [1.82, 2.24) is 10.2 Å². The molecular weight excluding hydrogens is 355 g/mol. The third-order valence-electron chi connectivity index (χ3n) is 4.54. The summed E-state index contributed by atoms with van der Waals surface area (Å²) in [4.78, 5) is 14.2. The maximum absolute atomic E-state index is 12.7. The minimum atomic E-state index is -4.32. The summed E-state index contributed by atoms with van der Waals surface area (Å²) in [6.45, 7) is 4.28. The van der Waals surface area contributed by atoms with Gasteiger partial charge in [0, 0.05) is 25.7 Å². The third kappa shape index (κ3) is 5.87. The molecule has 1 aromatic carbocycles. The molecule has 1 heterocycles. The zero-order valence-corrected chi connectivity index (χ0v) is 15.0. The quantitative estimate of drug-likeness (QED) is 0.827. The van der Waals surface area contributed by atoms with E-state index < -0.39 is 11.7 Å². The Labute approximate surface area is 152 Å². The number of nitrogens with one attached hydrogen (secondary N) is 1. The molecule has 1 aromatic rings. The van der Waals surface area contributed by atoms with Crippen molar-refractivity contribution in [3.63, 3.8) is 0 Å². The number of likely N-dealkylation sites (tertiary alicyclic amines) is 1. The average molecular weight is 380 g/mol. The van der Waals surface area contributed by atoms with Crippen LogP contribution in [0.2, 0.25) is 0 Å². The first kappa shape index (κ1) is 21.7. The molecule has 3 N–H and O–H groups in total. The SMILES string of the molecule is CC(c1ccc(C(F)(F)F)cc1)N1CCCC(C(=O)NCCN)C1.Cl. The molecule has 8 heteroatoms. The molecule has 0 radical (unpaired) electrons. The highest BCUT2D eigenvalue weighted by molar-refractivity contribution is 5.85. The second-order valence-corrected chi connectivity index (χ2v) is 6.21. The Morgan fingerprint density at radius 1 is 1.36 bits per heavy atom. The Kier molecular flexibility index (Phi) is 8.18. The lowest BCUT2D eigenvalue weighted by molar-refractivity contribution is -0.137. The number of nitrogens with zero attached hydrogens (tertiary/aromatic N) is 1. The van der Waals surface area contributed by atoms with Gasteiger partial charge in [-0.05, 0) is 44.0 Å². The van der Waals surface area contributed by atoms with E-state index in [2.05, 4.69) is 10.2 Å². The number of hydrogen-bond acceptors (Lipinski definition) is 3. The first-order valence-electron chi connectivity index (χ1n) is 8.22. The number of piperidine rings is 1. The van der Waals surface area contributed by atoms with Gasteiger partial charge in [-0.2, -0.15) is 13.2 Å². The van der Waals surface area contributed by atoms with Crippen LogP contribution in [0.1, 0.15) is 36.9 Å². The molecular formula is C17H25ClF3N3O. The van der Waals surface area contributed by atoms with Crippen molar-refractivity contribution >= 4 is 18.3 Å². The van der Waals surface area contributed by atoms with Gasteiger partial charge in [-0.3, -0.25) is 9.69 Å². The van der Waals surface area contributed by atoms with Crippen molar-refractivity contribution in [2.75, 3.05) is 26.2 Å². The van der Waals surface area contributed by atoms with E-state index in [1.54, 1.807) is 0 Å². The monoisotopic (exact) mass is 379 g/mol. The predicted molar refractivity (Wildman–Crippen MR) is 93.5 cm³/mol. The summed E-state index contributed by atoms with van der Waals surface area (Å²) in [5, 5.41) is 2.81. The Morgan fingerprint density at radius 3 is 2.56 bits per heavy atom. The second-order valence-electron chi connectivity index (χ2n) is 6.21. The molecule has 0 saturated carbocycles. The highest BCUT2D eigenvalue weighted by Gasteiger charge is 2.31. The van der Waals surface area contributed by atoms with E-state index in [4.69, 9.17) is 5.73 Å². The van der Waals surface area contributed by atoms with E-state index >= 15 is 0 Å². The highest BCUT2D eigenvalue weighted by atomic mass is 35.5. The molecule has 1 saturated heterocycles. The first-order chi connectivity index (χ1) is 11.3. The molecule has 2 atom stereocenters. The van der Waals surface area contributed by atoms with Crippen LogP contribution in [0.4, 0.5) is 13.2 Å². The maximum atomic E-state index is 12.7. The number of amides is 1. The van der Waals surface area contributed by atoms with Gasteiger partial charge in [0.1, 0.15) is 0 Å². The van der Waals surface area contributed by atoms with E-state index in [9.17, 15) is 18.0 Å². The zero-order valence-electron chi connectivity index (χ0n) is 14.2. The van der Waals surface area contributed by atoms with E-state index in [0.717, 1.165) is 37.1 Å². The van der Waals surface area contributed by atoms with Crippen molar-refractivity contribution in [2.45, 2.75) is 32.0 Å². The molecule has 0 aliphatic carbocycles. The average Bonchev–Trinajstić information content (AvgIpc) is 2.58. The summed E-state index contributed by atoms with van der Waals surface area (Å²) in [5.74, 6) is -0.0908. The van der Waals surface area contributed by atoms with Gasteiger partial charge in [0.2, 0.25) is 5.91 Å². The first-order valence-corrected chi connectivity index (χ1v) is 8.22. The van der Waals surface area contributed by atoms with Gasteiger partial charge in [0.25, 0.3) is 0 Å². The maximum Gasteiger partial charge on any atom is 0.416 e. The summed E-state index contributed by atoms with van der Waals surface area (Å²) in [6.07, 6.45) is -2.60. The number of benzene rings is 1. The van der Waals surface area contributed by atoms with Crippen LogP contribution in [-0.2, 0) is 11.0 Å². The number of hydrogen-bond donors (Lipinski definition) is 2. The fourth-order valence-electron chi connectivity index (χ4n) is 3.07. The Hall–Kier alpha value is -1.31. The highest BCUT2D eigenvalue weighted by Crippen LogP contribution is 2.32. The summed E-state index contributed by atoms with van der Waals surface area (Å²) >= 11 is 0. The number of rotatable bonds is 5. The molecule has 1 amide bonds. The number of halogens is 4. The lowest BCUT2D eigenvalue weighted by Crippen LogP contribution is -2.44. The smallest absolute Gasteiger partial charge is 0.355 e. The minimum Gasteiger partial charge on any atom is -0.355 e. The lowest BCUT2D eigenvalue weighted by Gasteiger charge is -2.36. The second kappa shape index (κ2) is 9.40. The van der Waals surface area contributed by atoms with Crippen molar-refractivity contribution < 1.29 is 18.0 Å². The Morgan fingerprint density at radius 2 is 2.00 bits per heavy atom. The molecule has 0 bridgehead atoms. The van der Waals surface area contributed by atoms with Gasteiger partial charge < -0.3 is 11.1 Å². The molecule has 2 rings (SSSR count). The molecule has 4 nitrogen and oxygen atoms in total. The number of nitrogens with two attached hydrogens (primary N) is 1. The third-order valence-corrected chi connectivity index (χ3v) is 4.54. The summed E-state index contributed by atoms with van der Waals surface area (Å²) in [6, 6.07) is 5.23. The molecule has 142 valence electrons. The van der Waals surface area contributed by atoms with E-state index in [0.29, 0.717) is 19.6 Å². The van der Waals surface area contributed by atoms with E-state index in [1.807, 2.05) is 6.92 Å². The van der Waals surface area contributed by atoms with Crippen LogP contribution < -0.4 is 11.1 Å². The van der Waals surface area contributed by atoms with Crippen molar-refractivity contribution in [1.29, 1.82) is 0 Å². The Balaban J connectivity index is 0.00000312. The van der Waals surface area contributed by atoms with Crippen LogP contribution in [0.3, 0.4) is 0 Å². The van der Waals surface area contributed by atoms with Gasteiger partial charge in [0.15, 0.2) is 0 Å². The fourth-order valence-corrected chi connectivity index (χ4v) is 3.07.